The van der Waals surface area contributed by atoms with E-state index in [4.69, 9.17) is 0 Å². The highest BCUT2D eigenvalue weighted by atomic mass is 32.2. The maximum Gasteiger partial charge on any atom is 0.213 e. The Kier molecular flexibility index (Phi) is 6.61. The van der Waals surface area contributed by atoms with E-state index in [2.05, 4.69) is 31.0 Å². The van der Waals surface area contributed by atoms with Gasteiger partial charge in [-0.3, -0.25) is 4.68 Å². The van der Waals surface area contributed by atoms with Crippen LogP contribution in [0.1, 0.15) is 12.5 Å². The molecule has 5 heterocycles. The van der Waals surface area contributed by atoms with Gasteiger partial charge in [0, 0.05) is 78.6 Å². The van der Waals surface area contributed by atoms with Gasteiger partial charge in [-0.05, 0) is 42.8 Å². The van der Waals surface area contributed by atoms with Gasteiger partial charge in [-0.2, -0.15) is 9.40 Å². The zero-order valence-corrected chi connectivity index (χ0v) is 22.3. The molecule has 6 rings (SSSR count). The molecule has 4 aromatic heterocycles. The zero-order chi connectivity index (χ0) is 27.0. The van der Waals surface area contributed by atoms with Gasteiger partial charge in [0.2, 0.25) is 10.0 Å². The largest absolute Gasteiger partial charge is 0.354 e. The first-order valence-electron chi connectivity index (χ1n) is 12.8. The third kappa shape index (κ3) is 5.15. The first-order valence-corrected chi connectivity index (χ1v) is 14.4. The Morgan fingerprint density at radius 3 is 2.51 bits per heavy atom. The first-order chi connectivity index (χ1) is 18.9. The normalized spacial score (nSPS) is 14.8. The molecule has 1 N–H and O–H groups in total. The average molecular weight is 546 g/mol. The van der Waals surface area contributed by atoms with Gasteiger partial charge < -0.3 is 9.88 Å². The smallest absolute Gasteiger partial charge is 0.213 e. The lowest BCUT2D eigenvalue weighted by Crippen LogP contribution is -2.49. The number of rotatable bonds is 7. The van der Waals surface area contributed by atoms with E-state index in [-0.39, 0.29) is 11.6 Å². The molecule has 1 fully saturated rings. The van der Waals surface area contributed by atoms with Crippen molar-refractivity contribution in [3.63, 3.8) is 0 Å². The van der Waals surface area contributed by atoms with Gasteiger partial charge in [-0.15, -0.1) is 0 Å². The molecule has 9 nitrogen and oxygen atoms in total. The maximum absolute atomic E-state index is 13.6. The molecule has 200 valence electrons. The SMILES string of the molecule is CCS(=O)(=O)N1CCN(c2ccc(-c3cnc4[nH]cc(-c5cnn(Cc6cccc(F)c6)c5)c4c3)cn2)CC1. The quantitative estimate of drug-likeness (QED) is 0.330. The molecule has 1 saturated heterocycles. The van der Waals surface area contributed by atoms with Crippen LogP contribution in [0.25, 0.3) is 33.3 Å². The molecule has 0 bridgehead atoms. The molecule has 1 aliphatic rings. The van der Waals surface area contributed by atoms with Crippen molar-refractivity contribution < 1.29 is 12.8 Å². The van der Waals surface area contributed by atoms with Crippen molar-refractivity contribution in [3.8, 4) is 22.3 Å². The van der Waals surface area contributed by atoms with Gasteiger partial charge in [0.25, 0.3) is 0 Å². The van der Waals surface area contributed by atoms with Gasteiger partial charge in [0.05, 0.1) is 18.5 Å². The van der Waals surface area contributed by atoms with Gasteiger partial charge in [0.1, 0.15) is 17.3 Å². The molecular formula is C28H28FN7O2S. The van der Waals surface area contributed by atoms with E-state index >= 15 is 0 Å². The summed E-state index contributed by atoms with van der Waals surface area (Å²) in [5.74, 6) is 0.690. The number of aromatic amines is 1. The first kappa shape index (κ1) is 25.2. The summed E-state index contributed by atoms with van der Waals surface area (Å²) < 4.78 is 41.2. The molecule has 0 amide bonds. The number of hydrogen-bond donors (Lipinski definition) is 1. The summed E-state index contributed by atoms with van der Waals surface area (Å²) >= 11 is 0. The van der Waals surface area contributed by atoms with Crippen molar-refractivity contribution in [2.75, 3.05) is 36.8 Å². The summed E-state index contributed by atoms with van der Waals surface area (Å²) in [6.45, 7) is 4.31. The van der Waals surface area contributed by atoms with Crippen molar-refractivity contribution >= 4 is 26.9 Å². The number of sulfonamides is 1. The Bertz CT molecular complexity index is 1720. The van der Waals surface area contributed by atoms with E-state index < -0.39 is 10.0 Å². The van der Waals surface area contributed by atoms with Gasteiger partial charge in [0.15, 0.2) is 0 Å². The van der Waals surface area contributed by atoms with Crippen molar-refractivity contribution in [1.82, 2.24) is 29.0 Å². The average Bonchev–Trinajstić information content (AvgIpc) is 3.59. The zero-order valence-electron chi connectivity index (χ0n) is 21.5. The topological polar surface area (TPSA) is 100 Å². The number of hydrogen-bond acceptors (Lipinski definition) is 6. The van der Waals surface area contributed by atoms with E-state index in [0.29, 0.717) is 32.7 Å². The molecule has 0 aliphatic carbocycles. The number of nitrogens with one attached hydrogen (secondary N) is 1. The minimum absolute atomic E-state index is 0.123. The number of halogens is 1. The highest BCUT2D eigenvalue weighted by Gasteiger charge is 2.26. The minimum atomic E-state index is -3.16. The summed E-state index contributed by atoms with van der Waals surface area (Å²) in [5.41, 5.74) is 5.42. The number of anilines is 1. The van der Waals surface area contributed by atoms with Crippen LogP contribution < -0.4 is 4.90 Å². The van der Waals surface area contributed by atoms with Gasteiger partial charge in [-0.25, -0.2) is 22.8 Å². The van der Waals surface area contributed by atoms with E-state index in [1.165, 1.54) is 12.1 Å². The number of benzene rings is 1. The number of nitrogens with zero attached hydrogens (tertiary/aromatic N) is 6. The third-order valence-corrected chi connectivity index (χ3v) is 8.99. The van der Waals surface area contributed by atoms with Crippen molar-refractivity contribution in [2.45, 2.75) is 13.5 Å². The summed E-state index contributed by atoms with van der Waals surface area (Å²) in [7, 11) is -3.16. The summed E-state index contributed by atoms with van der Waals surface area (Å²) in [4.78, 5) is 14.6. The van der Waals surface area contributed by atoms with Crippen molar-refractivity contribution in [3.05, 3.63) is 84.8 Å². The highest BCUT2D eigenvalue weighted by Crippen LogP contribution is 2.31. The fraction of sp³-hybridized carbons (Fsp3) is 0.250. The van der Waals surface area contributed by atoms with Crippen LogP contribution in [0, 0.1) is 5.82 Å². The lowest BCUT2D eigenvalue weighted by Gasteiger charge is -2.34. The Morgan fingerprint density at radius 2 is 1.77 bits per heavy atom. The Balaban J connectivity index is 1.20. The summed E-state index contributed by atoms with van der Waals surface area (Å²) in [6, 6.07) is 12.6. The Labute approximate surface area is 226 Å². The summed E-state index contributed by atoms with van der Waals surface area (Å²) in [6.07, 6.45) is 9.32. The second-order valence-electron chi connectivity index (χ2n) is 9.57. The number of H-pyrrole nitrogens is 1. The predicted molar refractivity (Wildman–Crippen MR) is 149 cm³/mol. The number of fused-ring (bicyclic) bond motifs is 1. The van der Waals surface area contributed by atoms with Crippen LogP contribution in [0.2, 0.25) is 0 Å². The fourth-order valence-corrected chi connectivity index (χ4v) is 6.02. The van der Waals surface area contributed by atoms with Crippen LogP contribution in [0.5, 0.6) is 0 Å². The fourth-order valence-electron chi connectivity index (χ4n) is 4.93. The van der Waals surface area contributed by atoms with E-state index in [9.17, 15) is 12.8 Å². The number of pyridine rings is 2. The number of piperazine rings is 1. The molecule has 0 unspecified atom stereocenters. The molecule has 5 aromatic rings. The molecule has 39 heavy (non-hydrogen) atoms. The standard InChI is InChI=1S/C28H28FN7O2S/c1-2-39(37,38)36-10-8-34(9-11-36)27-7-6-21(14-30-27)22-13-25-26(17-32-28(25)31-15-22)23-16-33-35(19-23)18-20-4-3-5-24(29)12-20/h3-7,12-17,19H,2,8-11,18H2,1H3,(H,31,32). The van der Waals surface area contributed by atoms with Crippen LogP contribution in [-0.4, -0.2) is 69.4 Å². The molecule has 0 spiro atoms. The molecule has 1 aliphatic heterocycles. The predicted octanol–water partition coefficient (Wildman–Crippen LogP) is 4.15. The van der Waals surface area contributed by atoms with Crippen molar-refractivity contribution in [1.29, 1.82) is 0 Å². The van der Waals surface area contributed by atoms with Gasteiger partial charge >= 0.3 is 0 Å². The molecule has 1 aromatic carbocycles. The molecule has 11 heteroatoms. The Morgan fingerprint density at radius 1 is 0.949 bits per heavy atom. The van der Waals surface area contributed by atoms with Crippen LogP contribution >= 0.6 is 0 Å². The lowest BCUT2D eigenvalue weighted by molar-refractivity contribution is 0.384. The molecular weight excluding hydrogens is 517 g/mol. The van der Waals surface area contributed by atoms with Crippen LogP contribution in [-0.2, 0) is 16.6 Å². The van der Waals surface area contributed by atoms with Crippen LogP contribution in [0.15, 0.2) is 73.4 Å². The minimum Gasteiger partial charge on any atom is -0.354 e. The monoisotopic (exact) mass is 545 g/mol. The highest BCUT2D eigenvalue weighted by molar-refractivity contribution is 7.89. The third-order valence-electron chi connectivity index (χ3n) is 7.11. The van der Waals surface area contributed by atoms with Crippen LogP contribution in [0.4, 0.5) is 10.2 Å². The molecule has 0 atom stereocenters. The Hall–Kier alpha value is -4.09. The van der Waals surface area contributed by atoms with E-state index in [1.807, 2.05) is 43.0 Å². The van der Waals surface area contributed by atoms with E-state index in [0.717, 1.165) is 44.7 Å². The second-order valence-corrected chi connectivity index (χ2v) is 11.8. The van der Waals surface area contributed by atoms with Gasteiger partial charge in [-0.1, -0.05) is 12.1 Å². The molecule has 0 saturated carbocycles. The lowest BCUT2D eigenvalue weighted by atomic mass is 10.1. The van der Waals surface area contributed by atoms with Crippen LogP contribution in [0.3, 0.4) is 0 Å². The number of aromatic nitrogens is 5. The summed E-state index contributed by atoms with van der Waals surface area (Å²) in [5, 5.41) is 5.44. The van der Waals surface area contributed by atoms with Crippen molar-refractivity contribution in [2.24, 2.45) is 0 Å². The molecule has 0 radical (unpaired) electrons. The maximum atomic E-state index is 13.6. The van der Waals surface area contributed by atoms with E-state index in [1.54, 1.807) is 28.2 Å². The second kappa shape index (κ2) is 10.2.